The molecule has 1 aromatic carbocycles. The van der Waals surface area contributed by atoms with Gasteiger partial charge in [0.1, 0.15) is 5.75 Å². The molecule has 2 heterocycles. The molecule has 2 aromatic rings. The first kappa shape index (κ1) is 16.4. The Morgan fingerprint density at radius 3 is 3.04 bits per heavy atom. The molecule has 7 heteroatoms. The van der Waals surface area contributed by atoms with Crippen molar-refractivity contribution >= 4 is 5.91 Å². The molecule has 1 fully saturated rings. The van der Waals surface area contributed by atoms with E-state index in [1.165, 1.54) is 0 Å². The van der Waals surface area contributed by atoms with E-state index in [-0.39, 0.29) is 5.91 Å². The number of nitrogens with zero attached hydrogens (tertiary/aromatic N) is 3. The van der Waals surface area contributed by atoms with Gasteiger partial charge in [-0.15, -0.1) is 10.2 Å². The van der Waals surface area contributed by atoms with Crippen LogP contribution < -0.4 is 10.1 Å². The second-order valence-electron chi connectivity index (χ2n) is 6.03. The minimum Gasteiger partial charge on any atom is -0.496 e. The largest absolute Gasteiger partial charge is 0.496 e. The van der Waals surface area contributed by atoms with Crippen LogP contribution in [0.3, 0.4) is 0 Å². The molecule has 1 aromatic heterocycles. The van der Waals surface area contributed by atoms with Crippen molar-refractivity contribution in [2.45, 2.75) is 19.9 Å². The molecule has 0 radical (unpaired) electrons. The van der Waals surface area contributed by atoms with Gasteiger partial charge in [0.15, 0.2) is 0 Å². The Bertz CT molecular complexity index is 701. The number of rotatable bonds is 6. The Balaban J connectivity index is 1.60. The molecule has 3 rings (SSSR count). The van der Waals surface area contributed by atoms with E-state index in [2.05, 4.69) is 20.4 Å². The molecule has 7 nitrogen and oxygen atoms in total. The maximum atomic E-state index is 11.0. The Morgan fingerprint density at radius 2 is 2.25 bits per heavy atom. The number of amides is 1. The van der Waals surface area contributed by atoms with Crippen LogP contribution in [0, 0.1) is 5.92 Å². The number of para-hydroxylation sites is 1. The van der Waals surface area contributed by atoms with E-state index in [0.29, 0.717) is 30.0 Å². The van der Waals surface area contributed by atoms with Gasteiger partial charge in [0.2, 0.25) is 11.8 Å². The summed E-state index contributed by atoms with van der Waals surface area (Å²) in [4.78, 5) is 13.3. The topological polar surface area (TPSA) is 80.5 Å². The van der Waals surface area contributed by atoms with E-state index in [4.69, 9.17) is 9.15 Å². The molecule has 1 amide bonds. The van der Waals surface area contributed by atoms with Crippen LogP contribution in [0.1, 0.15) is 19.2 Å². The molecule has 128 valence electrons. The lowest BCUT2D eigenvalue weighted by Gasteiger charge is -2.13. The zero-order valence-electron chi connectivity index (χ0n) is 14.0. The van der Waals surface area contributed by atoms with Gasteiger partial charge in [-0.25, -0.2) is 0 Å². The molecule has 1 unspecified atom stereocenters. The van der Waals surface area contributed by atoms with Gasteiger partial charge in [0.25, 0.3) is 5.89 Å². The Kier molecular flexibility index (Phi) is 5.10. The second-order valence-corrected chi connectivity index (χ2v) is 6.03. The van der Waals surface area contributed by atoms with Crippen molar-refractivity contribution in [3.63, 3.8) is 0 Å². The van der Waals surface area contributed by atoms with Crippen LogP contribution in [0.15, 0.2) is 28.7 Å². The molecule has 1 N–H and O–H groups in total. The van der Waals surface area contributed by atoms with Crippen LogP contribution in [0.4, 0.5) is 0 Å². The minimum atomic E-state index is 0.0202. The van der Waals surface area contributed by atoms with Gasteiger partial charge in [-0.1, -0.05) is 12.1 Å². The van der Waals surface area contributed by atoms with Gasteiger partial charge in [-0.2, -0.15) is 0 Å². The number of benzene rings is 1. The fourth-order valence-corrected chi connectivity index (χ4v) is 2.95. The van der Waals surface area contributed by atoms with E-state index in [0.717, 1.165) is 31.6 Å². The van der Waals surface area contributed by atoms with Gasteiger partial charge in [-0.3, -0.25) is 9.69 Å². The first-order chi connectivity index (χ1) is 11.7. The molecule has 0 saturated carbocycles. The summed E-state index contributed by atoms with van der Waals surface area (Å²) in [6.45, 7) is 4.79. The number of hydrogen-bond donors (Lipinski definition) is 1. The normalized spacial score (nSPS) is 17.8. The molecule has 24 heavy (non-hydrogen) atoms. The van der Waals surface area contributed by atoms with Crippen molar-refractivity contribution < 1.29 is 13.9 Å². The first-order valence-corrected chi connectivity index (χ1v) is 8.08. The summed E-state index contributed by atoms with van der Waals surface area (Å²) in [7, 11) is 1.62. The second kappa shape index (κ2) is 7.44. The maximum absolute atomic E-state index is 11.0. The molecule has 1 aliphatic rings. The van der Waals surface area contributed by atoms with Crippen molar-refractivity contribution in [1.29, 1.82) is 0 Å². The third-order valence-electron chi connectivity index (χ3n) is 4.17. The highest BCUT2D eigenvalue weighted by atomic mass is 16.5. The number of methoxy groups -OCH3 is 1. The smallest absolute Gasteiger partial charge is 0.251 e. The molecular formula is C17H22N4O3. The SMILES string of the molecule is COc1ccccc1-c1nnc(CN2CCC(CNC(C)=O)C2)o1. The molecule has 1 atom stereocenters. The lowest BCUT2D eigenvalue weighted by Crippen LogP contribution is -2.29. The lowest BCUT2D eigenvalue weighted by molar-refractivity contribution is -0.119. The highest BCUT2D eigenvalue weighted by Crippen LogP contribution is 2.28. The lowest BCUT2D eigenvalue weighted by atomic mass is 10.1. The van der Waals surface area contributed by atoms with Crippen LogP contribution in [0.5, 0.6) is 5.75 Å². The summed E-state index contributed by atoms with van der Waals surface area (Å²) >= 11 is 0. The Hall–Kier alpha value is -2.41. The van der Waals surface area contributed by atoms with Crippen molar-refractivity contribution in [3.05, 3.63) is 30.2 Å². The summed E-state index contributed by atoms with van der Waals surface area (Å²) in [5, 5.41) is 11.2. The third-order valence-corrected chi connectivity index (χ3v) is 4.17. The predicted octanol–water partition coefficient (Wildman–Crippen LogP) is 1.70. The summed E-state index contributed by atoms with van der Waals surface area (Å²) in [5.41, 5.74) is 0.795. The van der Waals surface area contributed by atoms with Gasteiger partial charge in [0, 0.05) is 20.0 Å². The fraction of sp³-hybridized carbons (Fsp3) is 0.471. The van der Waals surface area contributed by atoms with Crippen LogP contribution in [0.25, 0.3) is 11.5 Å². The van der Waals surface area contributed by atoms with Crippen molar-refractivity contribution in [2.24, 2.45) is 5.92 Å². The summed E-state index contributed by atoms with van der Waals surface area (Å²) in [6, 6.07) is 7.58. The zero-order valence-corrected chi connectivity index (χ0v) is 14.0. The summed E-state index contributed by atoms with van der Waals surface area (Å²) in [6.07, 6.45) is 1.06. The number of carbonyl (C=O) groups excluding carboxylic acids is 1. The van der Waals surface area contributed by atoms with E-state index in [9.17, 15) is 4.79 Å². The van der Waals surface area contributed by atoms with Crippen LogP contribution in [0.2, 0.25) is 0 Å². The van der Waals surface area contributed by atoms with E-state index >= 15 is 0 Å². The number of nitrogens with one attached hydrogen (secondary N) is 1. The van der Waals surface area contributed by atoms with Gasteiger partial charge >= 0.3 is 0 Å². The molecule has 0 bridgehead atoms. The Labute approximate surface area is 141 Å². The summed E-state index contributed by atoms with van der Waals surface area (Å²) in [5.74, 6) is 2.27. The highest BCUT2D eigenvalue weighted by Gasteiger charge is 2.24. The number of carbonyl (C=O) groups is 1. The first-order valence-electron chi connectivity index (χ1n) is 8.08. The monoisotopic (exact) mass is 330 g/mol. The standard InChI is InChI=1S/C17H22N4O3/c1-12(22)18-9-13-7-8-21(10-13)11-16-19-20-17(24-16)14-5-3-4-6-15(14)23-2/h3-6,13H,7-11H2,1-2H3,(H,18,22). The minimum absolute atomic E-state index is 0.0202. The highest BCUT2D eigenvalue weighted by molar-refractivity contribution is 5.72. The number of aromatic nitrogens is 2. The molecular weight excluding hydrogens is 308 g/mol. The molecule has 0 spiro atoms. The molecule has 1 aliphatic heterocycles. The third kappa shape index (κ3) is 3.91. The van der Waals surface area contributed by atoms with Crippen molar-refractivity contribution in [2.75, 3.05) is 26.7 Å². The van der Waals surface area contributed by atoms with E-state index in [1.807, 2.05) is 24.3 Å². The predicted molar refractivity (Wildman–Crippen MR) is 88.4 cm³/mol. The van der Waals surface area contributed by atoms with Gasteiger partial charge in [0.05, 0.1) is 19.2 Å². The zero-order chi connectivity index (χ0) is 16.9. The number of likely N-dealkylation sites (tertiary alicyclic amines) is 1. The maximum Gasteiger partial charge on any atom is 0.251 e. The Morgan fingerprint density at radius 1 is 1.42 bits per heavy atom. The van der Waals surface area contributed by atoms with Crippen molar-refractivity contribution in [1.82, 2.24) is 20.4 Å². The molecule has 0 aliphatic carbocycles. The quantitative estimate of drug-likeness (QED) is 0.868. The number of ether oxygens (including phenoxy) is 1. The van der Waals surface area contributed by atoms with Crippen LogP contribution in [-0.2, 0) is 11.3 Å². The molecule has 1 saturated heterocycles. The van der Waals surface area contributed by atoms with Crippen LogP contribution >= 0.6 is 0 Å². The van der Waals surface area contributed by atoms with Crippen molar-refractivity contribution in [3.8, 4) is 17.2 Å². The average Bonchev–Trinajstić information content (AvgIpc) is 3.23. The van der Waals surface area contributed by atoms with E-state index < -0.39 is 0 Å². The number of hydrogen-bond acceptors (Lipinski definition) is 6. The fourth-order valence-electron chi connectivity index (χ4n) is 2.95. The summed E-state index contributed by atoms with van der Waals surface area (Å²) < 4.78 is 11.1. The van der Waals surface area contributed by atoms with Gasteiger partial charge < -0.3 is 14.5 Å². The van der Waals surface area contributed by atoms with Crippen LogP contribution in [-0.4, -0.2) is 47.7 Å². The van der Waals surface area contributed by atoms with E-state index in [1.54, 1.807) is 14.0 Å². The average molecular weight is 330 g/mol. The van der Waals surface area contributed by atoms with Gasteiger partial charge in [-0.05, 0) is 31.0 Å².